The normalized spacial score (nSPS) is 27.7. The lowest BCUT2D eigenvalue weighted by molar-refractivity contribution is 0.297. The van der Waals surface area contributed by atoms with Gasteiger partial charge in [-0.25, -0.2) is 0 Å². The van der Waals surface area contributed by atoms with Crippen LogP contribution in [0.1, 0.15) is 39.0 Å². The maximum atomic E-state index is 11.9. The Balaban J connectivity index is 1.89. The fourth-order valence-electron chi connectivity index (χ4n) is 1.73. The van der Waals surface area contributed by atoms with E-state index in [1.165, 1.54) is 0 Å². The van der Waals surface area contributed by atoms with E-state index in [4.69, 9.17) is 8.92 Å². The van der Waals surface area contributed by atoms with Gasteiger partial charge < -0.3 is 4.74 Å². The van der Waals surface area contributed by atoms with Crippen LogP contribution in [0, 0.1) is 0 Å². The number of epoxide rings is 1. The molecule has 0 radical (unpaired) electrons. The summed E-state index contributed by atoms with van der Waals surface area (Å²) in [6, 6.07) is 0. The number of rotatable bonds is 7. The summed E-state index contributed by atoms with van der Waals surface area (Å²) in [4.78, 5) is 0. The zero-order valence-electron chi connectivity index (χ0n) is 9.07. The summed E-state index contributed by atoms with van der Waals surface area (Å²) >= 11 is 0. The Bertz CT molecular complexity index is 314. The summed E-state index contributed by atoms with van der Waals surface area (Å²) in [6.45, 7) is 3.05. The van der Waals surface area contributed by atoms with E-state index in [1.807, 2.05) is 6.92 Å². The third-order valence-electron chi connectivity index (χ3n) is 3.08. The van der Waals surface area contributed by atoms with E-state index in [1.54, 1.807) is 0 Å². The Labute approximate surface area is 91.1 Å². The van der Waals surface area contributed by atoms with E-state index >= 15 is 0 Å². The first kappa shape index (κ1) is 11.4. The van der Waals surface area contributed by atoms with Gasteiger partial charge in [0, 0.05) is 0 Å². The van der Waals surface area contributed by atoms with Crippen LogP contribution >= 0.6 is 0 Å². The highest BCUT2D eigenvalue weighted by atomic mass is 32.2. The standard InChI is InChI=1S/C10H18O4S/c1-2-3-6-14-15(11,12)10(4-5-10)7-9-8-13-9/h9H,2-8H2,1H3/t9-/m0/s1. The first-order valence-corrected chi connectivity index (χ1v) is 7.01. The second kappa shape index (κ2) is 4.03. The fraction of sp³-hybridized carbons (Fsp3) is 1.00. The van der Waals surface area contributed by atoms with Gasteiger partial charge in [-0.1, -0.05) is 13.3 Å². The number of ether oxygens (including phenoxy) is 1. The van der Waals surface area contributed by atoms with Crippen molar-refractivity contribution in [3.8, 4) is 0 Å². The van der Waals surface area contributed by atoms with Crippen molar-refractivity contribution in [2.45, 2.75) is 49.9 Å². The number of unbranched alkanes of at least 4 members (excludes halogenated alkanes) is 1. The van der Waals surface area contributed by atoms with Crippen molar-refractivity contribution in [3.63, 3.8) is 0 Å². The van der Waals surface area contributed by atoms with Crippen molar-refractivity contribution in [1.82, 2.24) is 0 Å². The summed E-state index contributed by atoms with van der Waals surface area (Å²) in [5.41, 5.74) is 0. The first-order valence-electron chi connectivity index (χ1n) is 5.60. The Morgan fingerprint density at radius 3 is 2.60 bits per heavy atom. The molecule has 1 aliphatic heterocycles. The van der Waals surface area contributed by atoms with Crippen LogP contribution in [0.4, 0.5) is 0 Å². The highest BCUT2D eigenvalue weighted by Gasteiger charge is 2.57. The second-order valence-electron chi connectivity index (χ2n) is 4.47. The van der Waals surface area contributed by atoms with Crippen molar-refractivity contribution >= 4 is 10.1 Å². The van der Waals surface area contributed by atoms with Crippen molar-refractivity contribution in [1.29, 1.82) is 0 Å². The molecule has 2 fully saturated rings. The van der Waals surface area contributed by atoms with Crippen LogP contribution in [-0.2, 0) is 19.0 Å². The predicted octanol–water partition coefficient (Wildman–Crippen LogP) is 1.45. The molecule has 1 saturated heterocycles. The number of hydrogen-bond donors (Lipinski definition) is 0. The van der Waals surface area contributed by atoms with E-state index in [-0.39, 0.29) is 6.10 Å². The molecule has 88 valence electrons. The molecular formula is C10H18O4S. The molecule has 1 atom stereocenters. The zero-order valence-corrected chi connectivity index (χ0v) is 9.88. The molecule has 1 heterocycles. The van der Waals surface area contributed by atoms with Crippen molar-refractivity contribution < 1.29 is 17.3 Å². The van der Waals surface area contributed by atoms with Crippen LogP contribution in [0.3, 0.4) is 0 Å². The molecule has 0 unspecified atom stereocenters. The van der Waals surface area contributed by atoms with E-state index in [0.29, 0.717) is 19.6 Å². The molecule has 5 heteroatoms. The molecule has 0 aromatic rings. The molecule has 0 aromatic heterocycles. The molecule has 15 heavy (non-hydrogen) atoms. The van der Waals surface area contributed by atoms with Gasteiger partial charge in [-0.2, -0.15) is 8.42 Å². The van der Waals surface area contributed by atoms with Crippen molar-refractivity contribution in [2.24, 2.45) is 0 Å². The highest BCUT2D eigenvalue weighted by Crippen LogP contribution is 2.49. The fourth-order valence-corrected chi connectivity index (χ4v) is 3.31. The monoisotopic (exact) mass is 234 g/mol. The molecular weight excluding hydrogens is 216 g/mol. The van der Waals surface area contributed by atoms with Crippen molar-refractivity contribution in [3.05, 3.63) is 0 Å². The Kier molecular flexibility index (Phi) is 3.05. The minimum Gasteiger partial charge on any atom is -0.373 e. The maximum absolute atomic E-state index is 11.9. The summed E-state index contributed by atoms with van der Waals surface area (Å²) in [7, 11) is -3.36. The quantitative estimate of drug-likeness (QED) is 0.380. The Morgan fingerprint density at radius 2 is 2.13 bits per heavy atom. The average Bonchev–Trinajstić information content (AvgIpc) is 3.02. The molecule has 4 nitrogen and oxygen atoms in total. The molecule has 0 N–H and O–H groups in total. The van der Waals surface area contributed by atoms with Gasteiger partial charge >= 0.3 is 0 Å². The van der Waals surface area contributed by atoms with Crippen LogP contribution in [0.5, 0.6) is 0 Å². The molecule has 0 amide bonds. The molecule has 0 spiro atoms. The lowest BCUT2D eigenvalue weighted by Crippen LogP contribution is -2.27. The van der Waals surface area contributed by atoms with E-state index in [2.05, 4.69) is 0 Å². The lowest BCUT2D eigenvalue weighted by atomic mass is 10.2. The van der Waals surface area contributed by atoms with E-state index in [9.17, 15) is 8.42 Å². The molecule has 1 saturated carbocycles. The summed E-state index contributed by atoms with van der Waals surface area (Å²) in [6.07, 6.45) is 4.02. The molecule has 0 aromatic carbocycles. The van der Waals surface area contributed by atoms with Crippen LogP contribution in [0.25, 0.3) is 0 Å². The summed E-state index contributed by atoms with van der Waals surface area (Å²) in [5, 5.41) is 0. The van der Waals surface area contributed by atoms with E-state index < -0.39 is 14.9 Å². The average molecular weight is 234 g/mol. The van der Waals surface area contributed by atoms with Crippen LogP contribution in [-0.4, -0.2) is 32.5 Å². The third kappa shape index (κ3) is 2.52. The zero-order chi connectivity index (χ0) is 10.9. The third-order valence-corrected chi connectivity index (χ3v) is 5.19. The van der Waals surface area contributed by atoms with Crippen molar-refractivity contribution in [2.75, 3.05) is 13.2 Å². The lowest BCUT2D eigenvalue weighted by Gasteiger charge is -2.14. The van der Waals surface area contributed by atoms with Gasteiger partial charge in [0.25, 0.3) is 10.1 Å². The summed E-state index contributed by atoms with van der Waals surface area (Å²) in [5.74, 6) is 0. The van der Waals surface area contributed by atoms with Crippen LogP contribution in [0.2, 0.25) is 0 Å². The molecule has 1 aliphatic carbocycles. The smallest absolute Gasteiger partial charge is 0.273 e. The highest BCUT2D eigenvalue weighted by molar-refractivity contribution is 7.88. The second-order valence-corrected chi connectivity index (χ2v) is 6.48. The van der Waals surface area contributed by atoms with Gasteiger partial charge in [0.1, 0.15) is 4.75 Å². The Morgan fingerprint density at radius 1 is 1.47 bits per heavy atom. The topological polar surface area (TPSA) is 55.9 Å². The van der Waals surface area contributed by atoms with Gasteiger partial charge in [0.2, 0.25) is 0 Å². The number of hydrogen-bond acceptors (Lipinski definition) is 4. The Hall–Kier alpha value is -0.130. The largest absolute Gasteiger partial charge is 0.373 e. The van der Waals surface area contributed by atoms with Crippen LogP contribution in [0.15, 0.2) is 0 Å². The minimum absolute atomic E-state index is 0.164. The van der Waals surface area contributed by atoms with Crippen LogP contribution < -0.4 is 0 Å². The summed E-state index contributed by atoms with van der Waals surface area (Å²) < 4.78 is 33.3. The minimum atomic E-state index is -3.36. The predicted molar refractivity (Wildman–Crippen MR) is 56.1 cm³/mol. The van der Waals surface area contributed by atoms with Gasteiger partial charge in [-0.05, 0) is 25.7 Å². The SMILES string of the molecule is CCCCOS(=O)(=O)C1(C[C@H]2CO2)CC1. The van der Waals surface area contributed by atoms with Gasteiger partial charge in [-0.15, -0.1) is 0 Å². The molecule has 0 bridgehead atoms. The molecule has 2 aliphatic rings. The maximum Gasteiger partial charge on any atom is 0.273 e. The van der Waals surface area contributed by atoms with Gasteiger partial charge in [0.05, 0.1) is 19.3 Å². The first-order chi connectivity index (χ1) is 7.10. The van der Waals surface area contributed by atoms with Gasteiger partial charge in [0.15, 0.2) is 0 Å². The van der Waals surface area contributed by atoms with Gasteiger partial charge in [-0.3, -0.25) is 4.18 Å². The molecule has 2 rings (SSSR count). The van der Waals surface area contributed by atoms with E-state index in [0.717, 1.165) is 25.7 Å².